The van der Waals surface area contributed by atoms with E-state index in [-0.39, 0.29) is 11.4 Å². The van der Waals surface area contributed by atoms with Crippen LogP contribution in [0.25, 0.3) is 0 Å². The Morgan fingerprint density at radius 1 is 1.58 bits per heavy atom. The van der Waals surface area contributed by atoms with Crippen LogP contribution in [0.4, 0.5) is 11.4 Å². The Hall–Kier alpha value is -1.58. The van der Waals surface area contributed by atoms with Gasteiger partial charge in [-0.1, -0.05) is 19.1 Å². The number of para-hydroxylation sites is 1. The summed E-state index contributed by atoms with van der Waals surface area (Å²) in [5, 5.41) is 10.4. The van der Waals surface area contributed by atoms with Crippen LogP contribution in [-0.4, -0.2) is 4.92 Å². The van der Waals surface area contributed by atoms with E-state index in [0.717, 1.165) is 5.56 Å². The molecule has 0 aliphatic rings. The van der Waals surface area contributed by atoms with Gasteiger partial charge in [0.25, 0.3) is 5.69 Å². The van der Waals surface area contributed by atoms with Gasteiger partial charge in [-0.2, -0.15) is 0 Å². The molecule has 0 radical (unpaired) electrons. The Morgan fingerprint density at radius 3 is 2.75 bits per heavy atom. The monoisotopic (exact) mass is 166 g/mol. The van der Waals surface area contributed by atoms with Crippen LogP contribution in [0, 0.1) is 10.1 Å². The van der Waals surface area contributed by atoms with Crippen molar-refractivity contribution >= 4 is 11.4 Å². The standard InChI is InChI=1S/C8H10N2O2/c1-2-6-4-3-5-7(8(6)9)10(11)12/h3-5H,2,9H2,1H3. The van der Waals surface area contributed by atoms with E-state index in [1.807, 2.05) is 6.92 Å². The van der Waals surface area contributed by atoms with Crippen molar-refractivity contribution in [1.82, 2.24) is 0 Å². The second-order valence-corrected chi connectivity index (χ2v) is 2.46. The number of nitrogens with two attached hydrogens (primary N) is 1. The molecular formula is C8H10N2O2. The number of anilines is 1. The normalized spacial score (nSPS) is 9.75. The fourth-order valence-electron chi connectivity index (χ4n) is 1.07. The molecule has 0 amide bonds. The summed E-state index contributed by atoms with van der Waals surface area (Å²) in [5.74, 6) is 0. The highest BCUT2D eigenvalue weighted by molar-refractivity contribution is 5.62. The third kappa shape index (κ3) is 1.37. The first kappa shape index (κ1) is 8.52. The smallest absolute Gasteiger partial charge is 0.292 e. The maximum absolute atomic E-state index is 10.4. The van der Waals surface area contributed by atoms with Crippen molar-refractivity contribution in [2.45, 2.75) is 13.3 Å². The Bertz CT molecular complexity index is 310. The molecule has 64 valence electrons. The Morgan fingerprint density at radius 2 is 2.25 bits per heavy atom. The highest BCUT2D eigenvalue weighted by atomic mass is 16.6. The Balaban J connectivity index is 3.23. The molecule has 1 aromatic carbocycles. The number of nitrogen functional groups attached to an aromatic ring is 1. The first-order valence-electron chi connectivity index (χ1n) is 3.68. The number of rotatable bonds is 2. The first-order chi connectivity index (χ1) is 5.66. The maximum Gasteiger partial charge on any atom is 0.292 e. The molecule has 4 heteroatoms. The van der Waals surface area contributed by atoms with Gasteiger partial charge in [-0.25, -0.2) is 0 Å². The molecule has 0 bridgehead atoms. The van der Waals surface area contributed by atoms with Crippen LogP contribution in [0.15, 0.2) is 18.2 Å². The van der Waals surface area contributed by atoms with Crippen molar-refractivity contribution < 1.29 is 4.92 Å². The number of hydrogen-bond acceptors (Lipinski definition) is 3. The van der Waals surface area contributed by atoms with Gasteiger partial charge in [0.15, 0.2) is 0 Å². The van der Waals surface area contributed by atoms with Crippen molar-refractivity contribution in [2.75, 3.05) is 5.73 Å². The Kier molecular flexibility index (Phi) is 2.28. The average Bonchev–Trinajstić information content (AvgIpc) is 2.04. The van der Waals surface area contributed by atoms with Crippen LogP contribution in [-0.2, 0) is 6.42 Å². The van der Waals surface area contributed by atoms with E-state index in [9.17, 15) is 10.1 Å². The summed E-state index contributed by atoms with van der Waals surface area (Å²) in [4.78, 5) is 9.95. The molecule has 0 saturated heterocycles. The largest absolute Gasteiger partial charge is 0.393 e. The molecule has 4 nitrogen and oxygen atoms in total. The summed E-state index contributed by atoms with van der Waals surface area (Å²) in [6.45, 7) is 1.91. The van der Waals surface area contributed by atoms with E-state index in [1.165, 1.54) is 6.07 Å². The quantitative estimate of drug-likeness (QED) is 0.413. The van der Waals surface area contributed by atoms with Crippen LogP contribution in [0.2, 0.25) is 0 Å². The summed E-state index contributed by atoms with van der Waals surface area (Å²) in [7, 11) is 0. The topological polar surface area (TPSA) is 69.2 Å². The van der Waals surface area contributed by atoms with Gasteiger partial charge in [-0.15, -0.1) is 0 Å². The van der Waals surface area contributed by atoms with Crippen LogP contribution >= 0.6 is 0 Å². The minimum absolute atomic E-state index is 0.00523. The molecule has 0 fully saturated rings. The zero-order valence-corrected chi connectivity index (χ0v) is 6.78. The Labute approximate surface area is 70.2 Å². The summed E-state index contributed by atoms with van der Waals surface area (Å²) in [6, 6.07) is 4.85. The summed E-state index contributed by atoms with van der Waals surface area (Å²) < 4.78 is 0. The average molecular weight is 166 g/mol. The van der Waals surface area contributed by atoms with E-state index in [4.69, 9.17) is 5.73 Å². The molecule has 12 heavy (non-hydrogen) atoms. The molecule has 0 heterocycles. The maximum atomic E-state index is 10.4. The minimum Gasteiger partial charge on any atom is -0.393 e. The molecule has 0 aliphatic carbocycles. The van der Waals surface area contributed by atoms with Gasteiger partial charge >= 0.3 is 0 Å². The van der Waals surface area contributed by atoms with Crippen molar-refractivity contribution in [3.05, 3.63) is 33.9 Å². The van der Waals surface area contributed by atoms with Crippen molar-refractivity contribution in [3.8, 4) is 0 Å². The van der Waals surface area contributed by atoms with Crippen LogP contribution < -0.4 is 5.73 Å². The third-order valence-corrected chi connectivity index (χ3v) is 1.75. The molecule has 1 rings (SSSR count). The molecule has 2 N–H and O–H groups in total. The van der Waals surface area contributed by atoms with Gasteiger partial charge in [-0.3, -0.25) is 10.1 Å². The predicted molar refractivity (Wildman–Crippen MR) is 46.9 cm³/mol. The third-order valence-electron chi connectivity index (χ3n) is 1.75. The predicted octanol–water partition coefficient (Wildman–Crippen LogP) is 1.74. The first-order valence-corrected chi connectivity index (χ1v) is 3.68. The van der Waals surface area contributed by atoms with Crippen molar-refractivity contribution in [1.29, 1.82) is 0 Å². The SMILES string of the molecule is CCc1cccc([N+](=O)[O-])c1N. The van der Waals surface area contributed by atoms with E-state index >= 15 is 0 Å². The summed E-state index contributed by atoms with van der Waals surface area (Å²) in [6.07, 6.45) is 0.716. The minimum atomic E-state index is -0.464. The van der Waals surface area contributed by atoms with Crippen LogP contribution in [0.5, 0.6) is 0 Å². The number of aryl methyl sites for hydroxylation is 1. The zero-order valence-electron chi connectivity index (χ0n) is 6.78. The van der Waals surface area contributed by atoms with Gasteiger partial charge in [0.2, 0.25) is 0 Å². The van der Waals surface area contributed by atoms with Crippen molar-refractivity contribution in [2.24, 2.45) is 0 Å². The second-order valence-electron chi connectivity index (χ2n) is 2.46. The lowest BCUT2D eigenvalue weighted by atomic mass is 10.1. The molecule has 0 aliphatic heterocycles. The number of benzene rings is 1. The summed E-state index contributed by atoms with van der Waals surface area (Å²) in [5.41, 5.74) is 6.65. The number of hydrogen-bond donors (Lipinski definition) is 1. The molecule has 1 aromatic rings. The van der Waals surface area contributed by atoms with Gasteiger partial charge in [0.1, 0.15) is 5.69 Å². The number of nitro groups is 1. The molecule has 0 saturated carbocycles. The van der Waals surface area contributed by atoms with E-state index < -0.39 is 4.92 Å². The van der Waals surface area contributed by atoms with Crippen LogP contribution in [0.1, 0.15) is 12.5 Å². The summed E-state index contributed by atoms with van der Waals surface area (Å²) >= 11 is 0. The van der Waals surface area contributed by atoms with Gasteiger partial charge in [0, 0.05) is 6.07 Å². The highest BCUT2D eigenvalue weighted by Crippen LogP contribution is 2.24. The molecule has 0 spiro atoms. The molecule has 0 unspecified atom stereocenters. The lowest BCUT2D eigenvalue weighted by Crippen LogP contribution is -1.98. The van der Waals surface area contributed by atoms with E-state index in [1.54, 1.807) is 12.1 Å². The van der Waals surface area contributed by atoms with Crippen molar-refractivity contribution in [3.63, 3.8) is 0 Å². The second kappa shape index (κ2) is 3.21. The van der Waals surface area contributed by atoms with E-state index in [2.05, 4.69) is 0 Å². The molecule has 0 atom stereocenters. The van der Waals surface area contributed by atoms with Gasteiger partial charge in [0.05, 0.1) is 4.92 Å². The fraction of sp³-hybridized carbons (Fsp3) is 0.250. The zero-order chi connectivity index (χ0) is 9.14. The molecule has 0 aromatic heterocycles. The lowest BCUT2D eigenvalue weighted by molar-refractivity contribution is -0.383. The van der Waals surface area contributed by atoms with Crippen LogP contribution in [0.3, 0.4) is 0 Å². The lowest BCUT2D eigenvalue weighted by Gasteiger charge is -2.01. The highest BCUT2D eigenvalue weighted by Gasteiger charge is 2.12. The molecular weight excluding hydrogens is 156 g/mol. The fourth-order valence-corrected chi connectivity index (χ4v) is 1.07. The van der Waals surface area contributed by atoms with Gasteiger partial charge in [-0.05, 0) is 12.0 Å². The van der Waals surface area contributed by atoms with Gasteiger partial charge < -0.3 is 5.73 Å². The van der Waals surface area contributed by atoms with E-state index in [0.29, 0.717) is 6.42 Å². The number of nitro benzene ring substituents is 1. The number of nitrogens with zero attached hydrogens (tertiary/aromatic N) is 1.